The molecule has 0 fully saturated rings. The van der Waals surface area contributed by atoms with E-state index in [0.717, 1.165) is 6.26 Å². The maximum Gasteiger partial charge on any atom is 0.225 e. The second-order valence-electron chi connectivity index (χ2n) is 5.45. The molecule has 0 spiro atoms. The van der Waals surface area contributed by atoms with Crippen LogP contribution in [0.2, 0.25) is 5.02 Å². The Labute approximate surface area is 147 Å². The van der Waals surface area contributed by atoms with Crippen LogP contribution in [0.15, 0.2) is 12.1 Å². The number of hydrogen-bond acceptors (Lipinski definition) is 5. The van der Waals surface area contributed by atoms with Crippen LogP contribution in [0.3, 0.4) is 0 Å². The lowest BCUT2D eigenvalue weighted by molar-refractivity contribution is -0.116. The number of amides is 1. The summed E-state index contributed by atoms with van der Waals surface area (Å²) in [4.78, 5) is 12.2. The van der Waals surface area contributed by atoms with Crippen LogP contribution in [0, 0.1) is 0 Å². The molecule has 1 N–H and O–H groups in total. The quantitative estimate of drug-likeness (QED) is 0.750. The highest BCUT2D eigenvalue weighted by Crippen LogP contribution is 2.35. The first kappa shape index (κ1) is 20.5. The fourth-order valence-corrected chi connectivity index (χ4v) is 3.61. The molecular formula is C15H23ClN2O5S. The normalized spacial score (nSPS) is 11.7. The molecule has 24 heavy (non-hydrogen) atoms. The first-order valence-corrected chi connectivity index (χ1v) is 9.51. The maximum atomic E-state index is 12.2. The zero-order chi connectivity index (χ0) is 18.5. The van der Waals surface area contributed by atoms with Crippen molar-refractivity contribution in [2.75, 3.05) is 32.3 Å². The van der Waals surface area contributed by atoms with Crippen LogP contribution in [-0.4, -0.2) is 51.7 Å². The lowest BCUT2D eigenvalue weighted by Crippen LogP contribution is -2.38. The van der Waals surface area contributed by atoms with Gasteiger partial charge in [0.15, 0.2) is 0 Å². The minimum Gasteiger partial charge on any atom is -0.495 e. The minimum absolute atomic E-state index is 0.0132. The third kappa shape index (κ3) is 5.54. The van der Waals surface area contributed by atoms with Gasteiger partial charge in [-0.1, -0.05) is 11.6 Å². The highest BCUT2D eigenvalue weighted by Gasteiger charge is 2.21. The van der Waals surface area contributed by atoms with Gasteiger partial charge in [-0.05, 0) is 13.8 Å². The van der Waals surface area contributed by atoms with Gasteiger partial charge in [0.25, 0.3) is 0 Å². The highest BCUT2D eigenvalue weighted by atomic mass is 35.5. The largest absolute Gasteiger partial charge is 0.495 e. The molecule has 0 unspecified atom stereocenters. The summed E-state index contributed by atoms with van der Waals surface area (Å²) in [6.07, 6.45) is 1.14. The van der Waals surface area contributed by atoms with Crippen LogP contribution < -0.4 is 14.8 Å². The molecule has 0 bridgehead atoms. The number of carbonyl (C=O) groups excluding carboxylic acids is 1. The van der Waals surface area contributed by atoms with Crippen molar-refractivity contribution in [3.05, 3.63) is 17.2 Å². The summed E-state index contributed by atoms with van der Waals surface area (Å²) in [7, 11) is -0.450. The van der Waals surface area contributed by atoms with E-state index >= 15 is 0 Å². The first-order valence-electron chi connectivity index (χ1n) is 7.28. The van der Waals surface area contributed by atoms with E-state index in [9.17, 15) is 13.2 Å². The lowest BCUT2D eigenvalue weighted by atomic mass is 10.2. The Morgan fingerprint density at radius 1 is 1.25 bits per heavy atom. The number of halogens is 1. The van der Waals surface area contributed by atoms with E-state index in [1.807, 2.05) is 0 Å². The number of nitrogens with one attached hydrogen (secondary N) is 1. The standard InChI is InChI=1S/C15H23ClN2O5S/c1-10(2)18(24(5,20)21)7-6-15(19)17-12-9-13(22-3)11(16)8-14(12)23-4/h8-10H,6-7H2,1-5H3,(H,17,19). The SMILES string of the molecule is COc1cc(NC(=O)CCN(C(C)C)S(C)(=O)=O)c(OC)cc1Cl. The highest BCUT2D eigenvalue weighted by molar-refractivity contribution is 7.88. The summed E-state index contributed by atoms with van der Waals surface area (Å²) in [6, 6.07) is 2.86. The molecule has 1 aromatic carbocycles. The van der Waals surface area contributed by atoms with Gasteiger partial charge in [0.2, 0.25) is 15.9 Å². The van der Waals surface area contributed by atoms with Crippen LogP contribution in [0.25, 0.3) is 0 Å². The van der Waals surface area contributed by atoms with Crippen molar-refractivity contribution in [2.45, 2.75) is 26.3 Å². The van der Waals surface area contributed by atoms with E-state index < -0.39 is 10.0 Å². The molecule has 1 rings (SSSR count). The molecule has 0 radical (unpaired) electrons. The molecule has 0 atom stereocenters. The van der Waals surface area contributed by atoms with Crippen LogP contribution >= 0.6 is 11.6 Å². The molecular weight excluding hydrogens is 356 g/mol. The number of ether oxygens (including phenoxy) is 2. The lowest BCUT2D eigenvalue weighted by Gasteiger charge is -2.23. The first-order chi connectivity index (χ1) is 11.1. The van der Waals surface area contributed by atoms with Crippen LogP contribution in [0.4, 0.5) is 5.69 Å². The average Bonchev–Trinajstić information content (AvgIpc) is 2.46. The van der Waals surface area contributed by atoms with Gasteiger partial charge in [-0.2, -0.15) is 4.31 Å². The third-order valence-corrected chi connectivity index (χ3v) is 5.06. The van der Waals surface area contributed by atoms with Crippen LogP contribution in [0.1, 0.15) is 20.3 Å². The zero-order valence-corrected chi connectivity index (χ0v) is 16.0. The molecule has 136 valence electrons. The van der Waals surface area contributed by atoms with Gasteiger partial charge in [0.1, 0.15) is 11.5 Å². The van der Waals surface area contributed by atoms with Crippen molar-refractivity contribution in [1.82, 2.24) is 4.31 Å². The number of hydrogen-bond donors (Lipinski definition) is 1. The van der Waals surface area contributed by atoms with E-state index in [1.54, 1.807) is 19.9 Å². The summed E-state index contributed by atoms with van der Waals surface area (Å²) < 4.78 is 35.0. The molecule has 0 aromatic heterocycles. The minimum atomic E-state index is -3.37. The number of anilines is 1. The summed E-state index contributed by atoms with van der Waals surface area (Å²) in [5, 5.41) is 3.04. The van der Waals surface area contributed by atoms with E-state index in [-0.39, 0.29) is 24.9 Å². The second kappa shape index (κ2) is 8.55. The molecule has 0 heterocycles. The summed E-state index contributed by atoms with van der Waals surface area (Å²) in [5.41, 5.74) is 0.402. The predicted octanol–water partition coefficient (Wildman–Crippen LogP) is 2.36. The van der Waals surface area contributed by atoms with Crippen molar-refractivity contribution >= 4 is 33.2 Å². The van der Waals surface area contributed by atoms with Gasteiger partial charge in [-0.25, -0.2) is 8.42 Å². The van der Waals surface area contributed by atoms with Gasteiger partial charge in [-0.15, -0.1) is 0 Å². The molecule has 0 aliphatic heterocycles. The Morgan fingerprint density at radius 2 is 1.83 bits per heavy atom. The smallest absolute Gasteiger partial charge is 0.225 e. The van der Waals surface area contributed by atoms with Gasteiger partial charge < -0.3 is 14.8 Å². The number of rotatable bonds is 8. The molecule has 1 aromatic rings. The Morgan fingerprint density at radius 3 is 2.29 bits per heavy atom. The number of sulfonamides is 1. The van der Waals surface area contributed by atoms with Crippen LogP contribution in [-0.2, 0) is 14.8 Å². The Balaban J connectivity index is 2.85. The Kier molecular flexibility index (Phi) is 7.31. The van der Waals surface area contributed by atoms with E-state index in [4.69, 9.17) is 21.1 Å². The molecule has 0 saturated carbocycles. The predicted molar refractivity (Wildman–Crippen MR) is 94.5 cm³/mol. The summed E-state index contributed by atoms with van der Waals surface area (Å²) >= 11 is 6.01. The fraction of sp³-hybridized carbons (Fsp3) is 0.533. The van der Waals surface area contributed by atoms with Gasteiger partial charge in [0, 0.05) is 31.1 Å². The molecule has 0 aliphatic carbocycles. The van der Waals surface area contributed by atoms with Crippen molar-refractivity contribution in [3.8, 4) is 11.5 Å². The molecule has 7 nitrogen and oxygen atoms in total. The van der Waals surface area contributed by atoms with Crippen molar-refractivity contribution in [1.29, 1.82) is 0 Å². The van der Waals surface area contributed by atoms with E-state index in [0.29, 0.717) is 22.2 Å². The fourth-order valence-electron chi connectivity index (χ4n) is 2.19. The summed E-state index contributed by atoms with van der Waals surface area (Å²) in [6.45, 7) is 3.60. The van der Waals surface area contributed by atoms with Gasteiger partial charge >= 0.3 is 0 Å². The van der Waals surface area contributed by atoms with Gasteiger partial charge in [-0.3, -0.25) is 4.79 Å². The van der Waals surface area contributed by atoms with E-state index in [2.05, 4.69) is 5.32 Å². The Hall–Kier alpha value is -1.51. The monoisotopic (exact) mass is 378 g/mol. The maximum absolute atomic E-state index is 12.2. The topological polar surface area (TPSA) is 84.9 Å². The van der Waals surface area contributed by atoms with Crippen LogP contribution in [0.5, 0.6) is 11.5 Å². The molecule has 1 amide bonds. The molecule has 0 aliphatic rings. The molecule has 0 saturated heterocycles. The molecule has 9 heteroatoms. The Bertz CT molecular complexity index is 691. The number of nitrogens with zero attached hydrogens (tertiary/aromatic N) is 1. The van der Waals surface area contributed by atoms with Crippen molar-refractivity contribution < 1.29 is 22.7 Å². The number of benzene rings is 1. The second-order valence-corrected chi connectivity index (χ2v) is 7.79. The van der Waals surface area contributed by atoms with E-state index in [1.165, 1.54) is 24.6 Å². The summed E-state index contributed by atoms with van der Waals surface area (Å²) in [5.74, 6) is 0.442. The number of carbonyl (C=O) groups is 1. The van der Waals surface area contributed by atoms with Crippen molar-refractivity contribution in [3.63, 3.8) is 0 Å². The van der Waals surface area contributed by atoms with Crippen molar-refractivity contribution in [2.24, 2.45) is 0 Å². The zero-order valence-electron chi connectivity index (χ0n) is 14.4. The van der Waals surface area contributed by atoms with Gasteiger partial charge in [0.05, 0.1) is 31.2 Å². The third-order valence-electron chi connectivity index (χ3n) is 3.31. The average molecular weight is 379 g/mol. The number of methoxy groups -OCH3 is 2.